The van der Waals surface area contributed by atoms with Crippen LogP contribution in [0.25, 0.3) is 0 Å². The molecule has 0 N–H and O–H groups in total. The Balaban J connectivity index is 2.14. The van der Waals surface area contributed by atoms with Crippen molar-refractivity contribution in [2.75, 3.05) is 20.3 Å². The normalized spacial score (nSPS) is 21.9. The summed E-state index contributed by atoms with van der Waals surface area (Å²) in [5.41, 5.74) is 1.97. The highest BCUT2D eigenvalue weighted by molar-refractivity contribution is 6.06. The Labute approximate surface area is 87.4 Å². The van der Waals surface area contributed by atoms with Crippen LogP contribution in [0, 0.1) is 5.92 Å². The van der Waals surface area contributed by atoms with Gasteiger partial charge in [-0.15, -0.1) is 0 Å². The number of benzene rings is 1. The van der Waals surface area contributed by atoms with Crippen molar-refractivity contribution >= 4 is 5.71 Å². The lowest BCUT2D eigenvalue weighted by atomic mass is 9.95. The first-order chi connectivity index (χ1) is 7.40. The Bertz CT molecular complexity index is 428. The van der Waals surface area contributed by atoms with Crippen LogP contribution in [-0.2, 0) is 4.84 Å². The van der Waals surface area contributed by atoms with E-state index in [4.69, 9.17) is 14.3 Å². The van der Waals surface area contributed by atoms with Gasteiger partial charge < -0.3 is 14.3 Å². The maximum Gasteiger partial charge on any atom is 0.170 e. The largest absolute Gasteiger partial charge is 0.493 e. The third-order valence-electron chi connectivity index (χ3n) is 2.73. The van der Waals surface area contributed by atoms with Crippen LogP contribution in [0.1, 0.15) is 5.56 Å². The van der Waals surface area contributed by atoms with Gasteiger partial charge in [-0.05, 0) is 12.1 Å². The summed E-state index contributed by atoms with van der Waals surface area (Å²) in [7, 11) is 1.64. The van der Waals surface area contributed by atoms with Crippen LogP contribution in [0.4, 0.5) is 0 Å². The van der Waals surface area contributed by atoms with Gasteiger partial charge in [0.15, 0.2) is 11.5 Å². The minimum absolute atomic E-state index is 0.268. The van der Waals surface area contributed by atoms with E-state index in [1.165, 1.54) is 0 Å². The second-order valence-electron chi connectivity index (χ2n) is 3.62. The van der Waals surface area contributed by atoms with E-state index in [1.807, 2.05) is 18.2 Å². The van der Waals surface area contributed by atoms with Gasteiger partial charge in [-0.3, -0.25) is 0 Å². The quantitative estimate of drug-likeness (QED) is 0.696. The lowest BCUT2D eigenvalue weighted by molar-refractivity contribution is 0.136. The molecule has 0 radical (unpaired) electrons. The van der Waals surface area contributed by atoms with E-state index in [2.05, 4.69) is 5.16 Å². The number of para-hydroxylation sites is 1. The lowest BCUT2D eigenvalue weighted by Gasteiger charge is -2.22. The van der Waals surface area contributed by atoms with E-state index in [9.17, 15) is 0 Å². The average Bonchev–Trinajstić information content (AvgIpc) is 2.76. The number of fused-ring (bicyclic) bond motifs is 3. The SMILES string of the molecule is COc1cccc2c1OCC1CON=C21. The first kappa shape index (κ1) is 8.59. The Hall–Kier alpha value is -1.71. The Kier molecular flexibility index (Phi) is 1.80. The minimum Gasteiger partial charge on any atom is -0.493 e. The van der Waals surface area contributed by atoms with Crippen LogP contribution in [0.3, 0.4) is 0 Å². The minimum atomic E-state index is 0.268. The molecule has 0 saturated heterocycles. The van der Waals surface area contributed by atoms with Crippen LogP contribution >= 0.6 is 0 Å². The van der Waals surface area contributed by atoms with Gasteiger partial charge >= 0.3 is 0 Å². The van der Waals surface area contributed by atoms with Crippen molar-refractivity contribution in [2.24, 2.45) is 11.1 Å². The molecule has 1 unspecified atom stereocenters. The van der Waals surface area contributed by atoms with Crippen molar-refractivity contribution in [3.8, 4) is 11.5 Å². The smallest absolute Gasteiger partial charge is 0.170 e. The molecule has 2 heterocycles. The van der Waals surface area contributed by atoms with Crippen LogP contribution in [0.15, 0.2) is 23.4 Å². The highest BCUT2D eigenvalue weighted by Crippen LogP contribution is 2.37. The lowest BCUT2D eigenvalue weighted by Crippen LogP contribution is -2.27. The third kappa shape index (κ3) is 1.17. The zero-order valence-corrected chi connectivity index (χ0v) is 8.40. The van der Waals surface area contributed by atoms with Crippen molar-refractivity contribution in [3.05, 3.63) is 23.8 Å². The van der Waals surface area contributed by atoms with Crippen molar-refractivity contribution in [3.63, 3.8) is 0 Å². The van der Waals surface area contributed by atoms with Gasteiger partial charge in [0.1, 0.15) is 18.9 Å². The van der Waals surface area contributed by atoms with Crippen LogP contribution < -0.4 is 9.47 Å². The van der Waals surface area contributed by atoms with Crippen molar-refractivity contribution in [1.82, 2.24) is 0 Å². The van der Waals surface area contributed by atoms with E-state index < -0.39 is 0 Å². The molecule has 0 aliphatic carbocycles. The van der Waals surface area contributed by atoms with Gasteiger partial charge in [-0.2, -0.15) is 0 Å². The molecule has 0 saturated carbocycles. The predicted molar refractivity (Wildman–Crippen MR) is 54.5 cm³/mol. The molecule has 4 nitrogen and oxygen atoms in total. The van der Waals surface area contributed by atoms with Crippen LogP contribution in [0.5, 0.6) is 11.5 Å². The Morgan fingerprint density at radius 3 is 3.20 bits per heavy atom. The van der Waals surface area contributed by atoms with Gasteiger partial charge in [0.25, 0.3) is 0 Å². The van der Waals surface area contributed by atoms with Gasteiger partial charge in [0.05, 0.1) is 13.0 Å². The molecule has 1 atom stereocenters. The molecule has 1 aromatic carbocycles. The molecule has 0 fully saturated rings. The molecule has 0 aromatic heterocycles. The topological polar surface area (TPSA) is 40.0 Å². The number of hydrogen-bond acceptors (Lipinski definition) is 4. The molecule has 78 valence electrons. The highest BCUT2D eigenvalue weighted by atomic mass is 16.6. The molecular formula is C11H11NO3. The van der Waals surface area contributed by atoms with E-state index in [0.29, 0.717) is 13.2 Å². The number of rotatable bonds is 1. The molecule has 15 heavy (non-hydrogen) atoms. The van der Waals surface area contributed by atoms with Crippen LogP contribution in [-0.4, -0.2) is 26.0 Å². The summed E-state index contributed by atoms with van der Waals surface area (Å²) in [4.78, 5) is 5.09. The number of hydrogen-bond donors (Lipinski definition) is 0. The fourth-order valence-electron chi connectivity index (χ4n) is 1.96. The van der Waals surface area contributed by atoms with Crippen LogP contribution in [0.2, 0.25) is 0 Å². The Morgan fingerprint density at radius 1 is 1.40 bits per heavy atom. The predicted octanol–water partition coefficient (Wildman–Crippen LogP) is 1.44. The third-order valence-corrected chi connectivity index (χ3v) is 2.73. The molecule has 2 aliphatic heterocycles. The molecule has 0 amide bonds. The van der Waals surface area contributed by atoms with Gasteiger partial charge in [0, 0.05) is 5.56 Å². The fourth-order valence-corrected chi connectivity index (χ4v) is 1.96. The summed E-state index contributed by atoms with van der Waals surface area (Å²) < 4.78 is 10.9. The number of methoxy groups -OCH3 is 1. The second kappa shape index (κ2) is 3.15. The summed E-state index contributed by atoms with van der Waals surface area (Å²) in [6.07, 6.45) is 0. The molecule has 2 aliphatic rings. The van der Waals surface area contributed by atoms with E-state index in [0.717, 1.165) is 22.8 Å². The average molecular weight is 205 g/mol. The zero-order valence-electron chi connectivity index (χ0n) is 8.40. The molecule has 4 heteroatoms. The molecular weight excluding hydrogens is 194 g/mol. The highest BCUT2D eigenvalue weighted by Gasteiger charge is 2.33. The van der Waals surface area contributed by atoms with Crippen molar-refractivity contribution in [2.45, 2.75) is 0 Å². The molecule has 1 aromatic rings. The Morgan fingerprint density at radius 2 is 2.33 bits per heavy atom. The summed E-state index contributed by atoms with van der Waals surface area (Å²) in [6, 6.07) is 5.80. The molecule has 0 bridgehead atoms. The standard InChI is InChI=1S/C11H11NO3/c1-13-9-4-2-3-8-10-7(6-15-12-10)5-14-11(8)9/h2-4,7H,5-6H2,1H3. The maximum absolute atomic E-state index is 5.67. The monoisotopic (exact) mass is 205 g/mol. The van der Waals surface area contributed by atoms with Crippen molar-refractivity contribution < 1.29 is 14.3 Å². The van der Waals surface area contributed by atoms with Gasteiger partial charge in [-0.25, -0.2) is 0 Å². The van der Waals surface area contributed by atoms with Crippen molar-refractivity contribution in [1.29, 1.82) is 0 Å². The first-order valence-electron chi connectivity index (χ1n) is 4.90. The molecule has 0 spiro atoms. The summed E-state index contributed by atoms with van der Waals surface area (Å²) in [5.74, 6) is 1.80. The van der Waals surface area contributed by atoms with E-state index in [-0.39, 0.29) is 5.92 Å². The summed E-state index contributed by atoms with van der Waals surface area (Å²) in [6.45, 7) is 1.23. The zero-order chi connectivity index (χ0) is 10.3. The number of ether oxygens (including phenoxy) is 2. The first-order valence-corrected chi connectivity index (χ1v) is 4.90. The summed E-state index contributed by atoms with van der Waals surface area (Å²) in [5, 5.41) is 4.06. The maximum atomic E-state index is 5.67. The number of oxime groups is 1. The molecule has 3 rings (SSSR count). The fraction of sp³-hybridized carbons (Fsp3) is 0.364. The number of nitrogens with zero attached hydrogens (tertiary/aromatic N) is 1. The van der Waals surface area contributed by atoms with E-state index >= 15 is 0 Å². The van der Waals surface area contributed by atoms with Gasteiger partial charge in [0.2, 0.25) is 0 Å². The van der Waals surface area contributed by atoms with E-state index in [1.54, 1.807) is 7.11 Å². The van der Waals surface area contributed by atoms with Gasteiger partial charge in [-0.1, -0.05) is 11.2 Å². The second-order valence-corrected chi connectivity index (χ2v) is 3.62. The summed E-state index contributed by atoms with van der Waals surface area (Å²) >= 11 is 0.